The summed E-state index contributed by atoms with van der Waals surface area (Å²) in [6, 6.07) is 6.89. The number of nitrogen functional groups attached to an aromatic ring is 1. The largest absolute Gasteiger partial charge is 0.397 e. The molecule has 2 N–H and O–H groups in total. The molecule has 0 aliphatic rings. The molecule has 1 heterocycles. The highest BCUT2D eigenvalue weighted by Crippen LogP contribution is 2.23. The fourth-order valence-corrected chi connectivity index (χ4v) is 2.10. The van der Waals surface area contributed by atoms with Crippen molar-refractivity contribution in [3.8, 4) is 0 Å². The van der Waals surface area contributed by atoms with Crippen LogP contribution in [0.1, 0.15) is 5.56 Å². The minimum absolute atomic E-state index is 0.327. The van der Waals surface area contributed by atoms with E-state index in [2.05, 4.69) is 4.98 Å². The smallest absolute Gasteiger partial charge is 0.127 e. The molecule has 2 aromatic rings. The number of thioether (sulfide) groups is 1. The molecule has 0 unspecified atom stereocenters. The molecule has 0 saturated carbocycles. The van der Waals surface area contributed by atoms with Crippen LogP contribution in [0.2, 0.25) is 0 Å². The van der Waals surface area contributed by atoms with Crippen LogP contribution >= 0.6 is 11.8 Å². The third kappa shape index (κ3) is 3.17. The predicted octanol–water partition coefficient (Wildman–Crippen LogP) is 3.23. The van der Waals surface area contributed by atoms with E-state index in [4.69, 9.17) is 5.73 Å². The Hall–Kier alpha value is -1.62. The zero-order chi connectivity index (χ0) is 12.3. The first-order chi connectivity index (χ1) is 8.15. The number of rotatable bonds is 3. The average Bonchev–Trinajstić information content (AvgIpc) is 2.32. The van der Waals surface area contributed by atoms with E-state index in [-0.39, 0.29) is 0 Å². The van der Waals surface area contributed by atoms with Gasteiger partial charge in [0.1, 0.15) is 11.6 Å². The summed E-state index contributed by atoms with van der Waals surface area (Å²) in [5.41, 5.74) is 6.40. The van der Waals surface area contributed by atoms with E-state index in [0.29, 0.717) is 17.0 Å². The third-order valence-electron chi connectivity index (χ3n) is 2.14. The molecule has 0 aliphatic heterocycles. The molecule has 1 aromatic carbocycles. The number of pyridine rings is 1. The first-order valence-corrected chi connectivity index (χ1v) is 5.92. The highest BCUT2D eigenvalue weighted by molar-refractivity contribution is 7.98. The van der Waals surface area contributed by atoms with Gasteiger partial charge >= 0.3 is 0 Å². The van der Waals surface area contributed by atoms with Gasteiger partial charge in [0.25, 0.3) is 0 Å². The highest BCUT2D eigenvalue weighted by Gasteiger charge is 2.05. The van der Waals surface area contributed by atoms with E-state index in [9.17, 15) is 8.78 Å². The molecule has 0 atom stereocenters. The molecule has 5 heteroatoms. The van der Waals surface area contributed by atoms with Gasteiger partial charge in [0, 0.05) is 11.3 Å². The lowest BCUT2D eigenvalue weighted by molar-refractivity contribution is 0.591. The highest BCUT2D eigenvalue weighted by atomic mass is 32.2. The van der Waals surface area contributed by atoms with E-state index in [0.717, 1.165) is 17.2 Å². The van der Waals surface area contributed by atoms with Gasteiger partial charge in [0.05, 0.1) is 16.9 Å². The Kier molecular flexibility index (Phi) is 3.58. The van der Waals surface area contributed by atoms with Crippen molar-refractivity contribution >= 4 is 17.4 Å². The van der Waals surface area contributed by atoms with Crippen LogP contribution in [0.4, 0.5) is 14.5 Å². The van der Waals surface area contributed by atoms with E-state index in [1.807, 2.05) is 0 Å². The first kappa shape index (κ1) is 11.9. The second kappa shape index (κ2) is 5.14. The van der Waals surface area contributed by atoms with Gasteiger partial charge in [-0.1, -0.05) is 0 Å². The van der Waals surface area contributed by atoms with Crippen LogP contribution in [0.5, 0.6) is 0 Å². The summed E-state index contributed by atoms with van der Waals surface area (Å²) >= 11 is 1.33. The van der Waals surface area contributed by atoms with Crippen LogP contribution in [-0.4, -0.2) is 4.98 Å². The number of hydrogen-bond donors (Lipinski definition) is 1. The molecule has 0 amide bonds. The summed E-state index contributed by atoms with van der Waals surface area (Å²) < 4.78 is 26.2. The predicted molar refractivity (Wildman–Crippen MR) is 64.6 cm³/mol. The van der Waals surface area contributed by atoms with Gasteiger partial charge in [0.2, 0.25) is 0 Å². The number of benzene rings is 1. The number of anilines is 1. The summed E-state index contributed by atoms with van der Waals surface area (Å²) in [6.45, 7) is 0. The van der Waals surface area contributed by atoms with E-state index in [1.54, 1.807) is 12.1 Å². The van der Waals surface area contributed by atoms with Crippen molar-refractivity contribution in [2.75, 3.05) is 5.73 Å². The Morgan fingerprint density at radius 2 is 2.00 bits per heavy atom. The Labute approximate surface area is 102 Å². The molecule has 0 bridgehead atoms. The van der Waals surface area contributed by atoms with Gasteiger partial charge in [0.15, 0.2) is 0 Å². The van der Waals surface area contributed by atoms with Gasteiger partial charge in [-0.05, 0) is 30.3 Å². The average molecular weight is 252 g/mol. The summed E-state index contributed by atoms with van der Waals surface area (Å²) in [4.78, 5) is 4.07. The zero-order valence-corrected chi connectivity index (χ0v) is 9.68. The Bertz CT molecular complexity index is 514. The lowest BCUT2D eigenvalue weighted by Gasteiger charge is -2.03. The molecule has 1 aromatic heterocycles. The lowest BCUT2D eigenvalue weighted by atomic mass is 10.2. The van der Waals surface area contributed by atoms with E-state index in [1.165, 1.54) is 24.0 Å². The van der Waals surface area contributed by atoms with Crippen LogP contribution < -0.4 is 5.73 Å². The summed E-state index contributed by atoms with van der Waals surface area (Å²) in [5.74, 6) is -0.512. The fraction of sp³-hybridized carbons (Fsp3) is 0.0833. The van der Waals surface area contributed by atoms with Crippen molar-refractivity contribution < 1.29 is 8.78 Å². The molecule has 2 nitrogen and oxygen atoms in total. The zero-order valence-electron chi connectivity index (χ0n) is 8.86. The minimum atomic E-state index is -0.438. The number of halogens is 2. The number of hydrogen-bond acceptors (Lipinski definition) is 3. The summed E-state index contributed by atoms with van der Waals surface area (Å²) in [5, 5.41) is 0.725. The Morgan fingerprint density at radius 3 is 2.71 bits per heavy atom. The Balaban J connectivity index is 2.07. The molecular formula is C12H10F2N2S. The molecular weight excluding hydrogens is 242 g/mol. The van der Waals surface area contributed by atoms with Gasteiger partial charge < -0.3 is 5.73 Å². The summed E-state index contributed by atoms with van der Waals surface area (Å²) in [6.07, 6.45) is 1.53. The second-order valence-electron chi connectivity index (χ2n) is 3.45. The van der Waals surface area contributed by atoms with Crippen LogP contribution in [-0.2, 0) is 5.75 Å². The van der Waals surface area contributed by atoms with E-state index >= 15 is 0 Å². The SMILES string of the molecule is Nc1ccc(SCc2cc(F)ccc2F)nc1. The molecule has 0 radical (unpaired) electrons. The standard InChI is InChI=1S/C12H10F2N2S/c13-9-1-3-11(14)8(5-9)7-17-12-4-2-10(15)6-16-12/h1-6H,7,15H2. The van der Waals surface area contributed by atoms with Crippen molar-refractivity contribution in [3.05, 3.63) is 53.7 Å². The maximum atomic E-state index is 13.3. The molecule has 17 heavy (non-hydrogen) atoms. The first-order valence-electron chi connectivity index (χ1n) is 4.93. The normalized spacial score (nSPS) is 10.5. The number of aromatic nitrogens is 1. The minimum Gasteiger partial charge on any atom is -0.397 e. The molecule has 0 fully saturated rings. The number of nitrogens with two attached hydrogens (primary N) is 1. The van der Waals surface area contributed by atoms with Gasteiger partial charge in [-0.2, -0.15) is 0 Å². The van der Waals surface area contributed by atoms with E-state index < -0.39 is 11.6 Å². The number of nitrogens with zero attached hydrogens (tertiary/aromatic N) is 1. The quantitative estimate of drug-likeness (QED) is 0.852. The van der Waals surface area contributed by atoms with Crippen molar-refractivity contribution in [2.45, 2.75) is 10.8 Å². The van der Waals surface area contributed by atoms with Crippen LogP contribution in [0.15, 0.2) is 41.6 Å². The second-order valence-corrected chi connectivity index (χ2v) is 4.45. The molecule has 0 aliphatic carbocycles. The molecule has 0 saturated heterocycles. The van der Waals surface area contributed by atoms with Crippen molar-refractivity contribution in [1.29, 1.82) is 0 Å². The monoisotopic (exact) mass is 252 g/mol. The van der Waals surface area contributed by atoms with Gasteiger partial charge in [-0.3, -0.25) is 0 Å². The van der Waals surface area contributed by atoms with Crippen molar-refractivity contribution in [3.63, 3.8) is 0 Å². The van der Waals surface area contributed by atoms with Gasteiger partial charge in [-0.25, -0.2) is 13.8 Å². The lowest BCUT2D eigenvalue weighted by Crippen LogP contribution is -1.91. The van der Waals surface area contributed by atoms with Crippen LogP contribution in [0.3, 0.4) is 0 Å². The van der Waals surface area contributed by atoms with Crippen molar-refractivity contribution in [1.82, 2.24) is 4.98 Å². The Morgan fingerprint density at radius 1 is 1.18 bits per heavy atom. The summed E-state index contributed by atoms with van der Waals surface area (Å²) in [7, 11) is 0. The molecule has 2 rings (SSSR count). The van der Waals surface area contributed by atoms with Crippen LogP contribution in [0.25, 0.3) is 0 Å². The van der Waals surface area contributed by atoms with Crippen LogP contribution in [0, 0.1) is 11.6 Å². The molecule has 88 valence electrons. The van der Waals surface area contributed by atoms with Crippen molar-refractivity contribution in [2.24, 2.45) is 0 Å². The van der Waals surface area contributed by atoms with Gasteiger partial charge in [-0.15, -0.1) is 11.8 Å². The fourth-order valence-electron chi connectivity index (χ4n) is 1.28. The molecule has 0 spiro atoms. The third-order valence-corrected chi connectivity index (χ3v) is 3.14. The maximum Gasteiger partial charge on any atom is 0.127 e. The maximum absolute atomic E-state index is 13.3. The topological polar surface area (TPSA) is 38.9 Å².